The van der Waals surface area contributed by atoms with Gasteiger partial charge in [0.15, 0.2) is 0 Å². The number of hydrogen-bond acceptors (Lipinski definition) is 4. The van der Waals surface area contributed by atoms with Crippen molar-refractivity contribution in [3.63, 3.8) is 0 Å². The van der Waals surface area contributed by atoms with Gasteiger partial charge in [0.1, 0.15) is 11.5 Å². The SMILES string of the molecule is CC(O)c1ccc(Oc2cc([N+](=O)[O-])ccc2Br)cc1Cl. The molecule has 7 heteroatoms. The zero-order valence-corrected chi connectivity index (χ0v) is 13.3. The molecule has 5 nitrogen and oxygen atoms in total. The lowest BCUT2D eigenvalue weighted by atomic mass is 10.1. The molecule has 110 valence electrons. The molecule has 0 aliphatic rings. The van der Waals surface area contributed by atoms with Crippen molar-refractivity contribution < 1.29 is 14.8 Å². The lowest BCUT2D eigenvalue weighted by Gasteiger charge is -2.11. The van der Waals surface area contributed by atoms with Crippen LogP contribution >= 0.6 is 27.5 Å². The highest BCUT2D eigenvalue weighted by molar-refractivity contribution is 9.10. The highest BCUT2D eigenvalue weighted by Crippen LogP contribution is 2.35. The quantitative estimate of drug-likeness (QED) is 0.614. The molecular weight excluding hydrogens is 362 g/mol. The molecule has 0 radical (unpaired) electrons. The van der Waals surface area contributed by atoms with Crippen LogP contribution < -0.4 is 4.74 Å². The van der Waals surface area contributed by atoms with Gasteiger partial charge in [-0.2, -0.15) is 0 Å². The summed E-state index contributed by atoms with van der Waals surface area (Å²) >= 11 is 9.32. The lowest BCUT2D eigenvalue weighted by Crippen LogP contribution is -1.94. The number of nitro groups is 1. The van der Waals surface area contributed by atoms with Crippen LogP contribution in [0, 0.1) is 10.1 Å². The Morgan fingerprint density at radius 3 is 2.62 bits per heavy atom. The molecule has 1 unspecified atom stereocenters. The van der Waals surface area contributed by atoms with Crippen LogP contribution in [0.5, 0.6) is 11.5 Å². The van der Waals surface area contributed by atoms with E-state index < -0.39 is 11.0 Å². The van der Waals surface area contributed by atoms with Gasteiger partial charge >= 0.3 is 0 Å². The van der Waals surface area contributed by atoms with Gasteiger partial charge in [-0.05, 0) is 46.6 Å². The summed E-state index contributed by atoms with van der Waals surface area (Å²) in [5.74, 6) is 0.732. The predicted octanol–water partition coefficient (Wildman–Crippen LogP) is 4.86. The second kappa shape index (κ2) is 6.43. The molecular formula is C14H11BrClNO4. The van der Waals surface area contributed by atoms with Gasteiger partial charge in [0.2, 0.25) is 0 Å². The Bertz CT molecular complexity index is 691. The van der Waals surface area contributed by atoms with Crippen molar-refractivity contribution in [3.05, 3.63) is 61.6 Å². The van der Waals surface area contributed by atoms with Crippen molar-refractivity contribution in [2.45, 2.75) is 13.0 Å². The third-order valence-electron chi connectivity index (χ3n) is 2.78. The van der Waals surface area contributed by atoms with Crippen molar-refractivity contribution in [1.29, 1.82) is 0 Å². The van der Waals surface area contributed by atoms with Gasteiger partial charge < -0.3 is 9.84 Å². The van der Waals surface area contributed by atoms with Gasteiger partial charge in [-0.3, -0.25) is 10.1 Å². The standard InChI is InChI=1S/C14H11BrClNO4/c1-8(18)11-4-3-10(7-13(11)16)21-14-6-9(17(19)20)2-5-12(14)15/h2-8,18H,1H3. The Hall–Kier alpha value is -1.63. The molecule has 0 heterocycles. The largest absolute Gasteiger partial charge is 0.456 e. The average molecular weight is 373 g/mol. The molecule has 0 saturated carbocycles. The van der Waals surface area contributed by atoms with Crippen molar-refractivity contribution in [2.75, 3.05) is 0 Å². The van der Waals surface area contributed by atoms with Gasteiger partial charge in [-0.25, -0.2) is 0 Å². The number of hydrogen-bond donors (Lipinski definition) is 1. The molecule has 0 spiro atoms. The summed E-state index contributed by atoms with van der Waals surface area (Å²) in [5, 5.41) is 20.7. The average Bonchev–Trinajstić information content (AvgIpc) is 2.40. The highest BCUT2D eigenvalue weighted by atomic mass is 79.9. The first-order valence-electron chi connectivity index (χ1n) is 5.98. The van der Waals surface area contributed by atoms with Crippen LogP contribution in [0.25, 0.3) is 0 Å². The minimum Gasteiger partial charge on any atom is -0.456 e. The van der Waals surface area contributed by atoms with E-state index in [1.54, 1.807) is 31.2 Å². The molecule has 2 aromatic rings. The third-order valence-corrected chi connectivity index (χ3v) is 3.76. The Labute approximate surface area is 134 Å². The number of non-ortho nitro benzene ring substituents is 1. The molecule has 0 aromatic heterocycles. The van der Waals surface area contributed by atoms with Crippen LogP contribution in [0.2, 0.25) is 5.02 Å². The second-order valence-electron chi connectivity index (χ2n) is 4.33. The number of nitrogens with zero attached hydrogens (tertiary/aromatic N) is 1. The van der Waals surface area contributed by atoms with E-state index in [1.807, 2.05) is 0 Å². The van der Waals surface area contributed by atoms with E-state index in [-0.39, 0.29) is 5.69 Å². The van der Waals surface area contributed by atoms with E-state index in [9.17, 15) is 15.2 Å². The molecule has 0 aliphatic heterocycles. The first kappa shape index (κ1) is 15.8. The maximum Gasteiger partial charge on any atom is 0.273 e. The van der Waals surface area contributed by atoms with E-state index in [1.165, 1.54) is 12.1 Å². The zero-order chi connectivity index (χ0) is 15.6. The molecule has 1 atom stereocenters. The summed E-state index contributed by atoms with van der Waals surface area (Å²) in [5.41, 5.74) is 0.516. The van der Waals surface area contributed by atoms with E-state index >= 15 is 0 Å². The van der Waals surface area contributed by atoms with Crippen LogP contribution in [0.1, 0.15) is 18.6 Å². The maximum absolute atomic E-state index is 10.8. The molecule has 0 aliphatic carbocycles. The number of nitro benzene ring substituents is 1. The van der Waals surface area contributed by atoms with Crippen molar-refractivity contribution in [3.8, 4) is 11.5 Å². The number of halogens is 2. The Morgan fingerprint density at radius 1 is 1.33 bits per heavy atom. The van der Waals surface area contributed by atoms with Gasteiger partial charge in [0.25, 0.3) is 5.69 Å². The fourth-order valence-electron chi connectivity index (χ4n) is 1.72. The van der Waals surface area contributed by atoms with Crippen molar-refractivity contribution >= 4 is 33.2 Å². The summed E-state index contributed by atoms with van der Waals surface area (Å²) in [6.45, 7) is 1.61. The molecule has 0 fully saturated rings. The normalized spacial score (nSPS) is 12.0. The summed E-state index contributed by atoms with van der Waals surface area (Å²) in [6, 6.07) is 9.07. The highest BCUT2D eigenvalue weighted by Gasteiger charge is 2.13. The van der Waals surface area contributed by atoms with E-state index in [2.05, 4.69) is 15.9 Å². The summed E-state index contributed by atoms with van der Waals surface area (Å²) in [4.78, 5) is 10.3. The van der Waals surface area contributed by atoms with Crippen molar-refractivity contribution in [1.82, 2.24) is 0 Å². The fraction of sp³-hybridized carbons (Fsp3) is 0.143. The number of rotatable bonds is 4. The number of aliphatic hydroxyl groups excluding tert-OH is 1. The van der Waals surface area contributed by atoms with Crippen LogP contribution in [0.4, 0.5) is 5.69 Å². The predicted molar refractivity (Wildman–Crippen MR) is 83.0 cm³/mol. The topological polar surface area (TPSA) is 72.6 Å². The second-order valence-corrected chi connectivity index (χ2v) is 5.59. The van der Waals surface area contributed by atoms with Crippen LogP contribution in [-0.2, 0) is 0 Å². The first-order valence-corrected chi connectivity index (χ1v) is 7.15. The van der Waals surface area contributed by atoms with Gasteiger partial charge in [-0.15, -0.1) is 0 Å². The molecule has 0 saturated heterocycles. The van der Waals surface area contributed by atoms with E-state index in [0.29, 0.717) is 26.6 Å². The van der Waals surface area contributed by atoms with Crippen LogP contribution in [0.15, 0.2) is 40.9 Å². The Morgan fingerprint density at radius 2 is 2.05 bits per heavy atom. The molecule has 21 heavy (non-hydrogen) atoms. The summed E-state index contributed by atoms with van der Waals surface area (Å²) in [6.07, 6.45) is -0.684. The van der Waals surface area contributed by atoms with Gasteiger partial charge in [-0.1, -0.05) is 17.7 Å². The fourth-order valence-corrected chi connectivity index (χ4v) is 2.38. The molecule has 1 N–H and O–H groups in total. The van der Waals surface area contributed by atoms with Crippen molar-refractivity contribution in [2.24, 2.45) is 0 Å². The number of benzene rings is 2. The molecule has 2 aromatic carbocycles. The minimum atomic E-state index is -0.684. The van der Waals surface area contributed by atoms with Crippen LogP contribution in [0.3, 0.4) is 0 Å². The molecule has 0 amide bonds. The Balaban J connectivity index is 2.32. The molecule has 2 rings (SSSR count). The Kier molecular flexibility index (Phi) is 4.82. The third kappa shape index (κ3) is 3.72. The van der Waals surface area contributed by atoms with Gasteiger partial charge in [0.05, 0.1) is 26.6 Å². The smallest absolute Gasteiger partial charge is 0.273 e. The van der Waals surface area contributed by atoms with E-state index in [0.717, 1.165) is 0 Å². The summed E-state index contributed by atoms with van der Waals surface area (Å²) < 4.78 is 6.19. The monoisotopic (exact) mass is 371 g/mol. The zero-order valence-electron chi connectivity index (χ0n) is 10.9. The van der Waals surface area contributed by atoms with Gasteiger partial charge in [0, 0.05) is 6.07 Å². The number of ether oxygens (including phenoxy) is 1. The molecule has 0 bridgehead atoms. The van der Waals surface area contributed by atoms with E-state index in [4.69, 9.17) is 16.3 Å². The number of aliphatic hydroxyl groups is 1. The minimum absolute atomic E-state index is 0.0695. The first-order chi connectivity index (χ1) is 9.88. The summed E-state index contributed by atoms with van der Waals surface area (Å²) in [7, 11) is 0. The lowest BCUT2D eigenvalue weighted by molar-refractivity contribution is -0.384. The maximum atomic E-state index is 10.8. The van der Waals surface area contributed by atoms with Crippen LogP contribution in [-0.4, -0.2) is 10.0 Å².